The molecule has 34 heavy (non-hydrogen) atoms. The van der Waals surface area contributed by atoms with Gasteiger partial charge in [-0.25, -0.2) is 0 Å². The average molecular weight is 457 g/mol. The molecule has 4 nitrogen and oxygen atoms in total. The number of nitrogens with zero attached hydrogens (tertiary/aromatic N) is 1. The van der Waals surface area contributed by atoms with Gasteiger partial charge in [-0.3, -0.25) is 9.59 Å². The number of benzene rings is 3. The molecule has 0 saturated carbocycles. The highest BCUT2D eigenvalue weighted by atomic mass is 16.2. The molecule has 178 valence electrons. The van der Waals surface area contributed by atoms with Crippen LogP contribution in [0.2, 0.25) is 0 Å². The molecule has 1 unspecified atom stereocenters. The number of nitrogens with one attached hydrogen (secondary N) is 1. The van der Waals surface area contributed by atoms with Crippen LogP contribution in [-0.2, 0) is 16.1 Å². The monoisotopic (exact) mass is 456 g/mol. The SMILES string of the molecule is CCCNC(=O)C(CC)N(Cc1ccc(C)cc1)C(=O)CC(c1ccccc1)c1ccccc1. The summed E-state index contributed by atoms with van der Waals surface area (Å²) in [5.41, 5.74) is 4.39. The topological polar surface area (TPSA) is 49.4 Å². The van der Waals surface area contributed by atoms with Crippen LogP contribution in [0.3, 0.4) is 0 Å². The van der Waals surface area contributed by atoms with E-state index in [1.165, 1.54) is 5.56 Å². The van der Waals surface area contributed by atoms with E-state index in [4.69, 9.17) is 0 Å². The lowest BCUT2D eigenvalue weighted by atomic mass is 9.88. The molecular weight excluding hydrogens is 420 g/mol. The van der Waals surface area contributed by atoms with Crippen molar-refractivity contribution in [2.75, 3.05) is 6.54 Å². The summed E-state index contributed by atoms with van der Waals surface area (Å²) in [6.45, 7) is 7.06. The van der Waals surface area contributed by atoms with E-state index in [1.54, 1.807) is 4.90 Å². The highest BCUT2D eigenvalue weighted by molar-refractivity contribution is 5.88. The van der Waals surface area contributed by atoms with Crippen molar-refractivity contribution in [1.82, 2.24) is 10.2 Å². The van der Waals surface area contributed by atoms with Gasteiger partial charge in [0, 0.05) is 25.4 Å². The van der Waals surface area contributed by atoms with E-state index in [1.807, 2.05) is 81.4 Å². The van der Waals surface area contributed by atoms with Crippen LogP contribution in [0.1, 0.15) is 61.3 Å². The van der Waals surface area contributed by atoms with E-state index in [2.05, 4.69) is 29.6 Å². The molecule has 0 bridgehead atoms. The predicted molar refractivity (Wildman–Crippen MR) is 138 cm³/mol. The summed E-state index contributed by atoms with van der Waals surface area (Å²) in [5.74, 6) is -0.177. The first-order valence-corrected chi connectivity index (χ1v) is 12.3. The van der Waals surface area contributed by atoms with E-state index < -0.39 is 6.04 Å². The molecule has 1 N–H and O–H groups in total. The van der Waals surface area contributed by atoms with Crippen molar-refractivity contribution in [1.29, 1.82) is 0 Å². The molecule has 0 saturated heterocycles. The summed E-state index contributed by atoms with van der Waals surface area (Å²) in [6, 6.07) is 28.0. The molecule has 0 fully saturated rings. The van der Waals surface area contributed by atoms with Gasteiger partial charge in [0.2, 0.25) is 11.8 Å². The van der Waals surface area contributed by atoms with Gasteiger partial charge in [0.05, 0.1) is 0 Å². The molecule has 3 aromatic carbocycles. The zero-order valence-corrected chi connectivity index (χ0v) is 20.5. The Morgan fingerprint density at radius 1 is 0.824 bits per heavy atom. The van der Waals surface area contributed by atoms with Gasteiger partial charge in [0.25, 0.3) is 0 Å². The van der Waals surface area contributed by atoms with Gasteiger partial charge >= 0.3 is 0 Å². The summed E-state index contributed by atoms with van der Waals surface area (Å²) in [6.07, 6.45) is 1.73. The summed E-state index contributed by atoms with van der Waals surface area (Å²) in [7, 11) is 0. The Labute approximate surface area is 204 Å². The summed E-state index contributed by atoms with van der Waals surface area (Å²) in [4.78, 5) is 28.7. The van der Waals surface area contributed by atoms with Crippen LogP contribution in [0, 0.1) is 6.92 Å². The highest BCUT2D eigenvalue weighted by Gasteiger charge is 2.30. The first kappa shape index (κ1) is 25.2. The predicted octanol–water partition coefficient (Wildman–Crippen LogP) is 5.85. The molecule has 0 spiro atoms. The Morgan fingerprint density at radius 3 is 1.88 bits per heavy atom. The van der Waals surface area contributed by atoms with Gasteiger partial charge in [0.1, 0.15) is 6.04 Å². The second-order valence-electron chi connectivity index (χ2n) is 8.80. The molecule has 0 aliphatic rings. The zero-order chi connectivity index (χ0) is 24.3. The average Bonchev–Trinajstić information content (AvgIpc) is 2.88. The third-order valence-electron chi connectivity index (χ3n) is 6.19. The fourth-order valence-corrected chi connectivity index (χ4v) is 4.27. The molecule has 2 amide bonds. The smallest absolute Gasteiger partial charge is 0.242 e. The third kappa shape index (κ3) is 6.80. The molecule has 1 atom stereocenters. The number of amides is 2. The summed E-state index contributed by atoms with van der Waals surface area (Å²) >= 11 is 0. The van der Waals surface area contributed by atoms with Crippen LogP contribution >= 0.6 is 0 Å². The summed E-state index contributed by atoms with van der Waals surface area (Å²) < 4.78 is 0. The van der Waals surface area contributed by atoms with Crippen molar-refractivity contribution in [3.8, 4) is 0 Å². The standard InChI is InChI=1S/C30H36N2O2/c1-4-20-31-30(34)28(5-2)32(22-24-18-16-23(3)17-19-24)29(33)21-27(25-12-8-6-9-13-25)26-14-10-7-11-15-26/h6-19,27-28H,4-5,20-22H2,1-3H3,(H,31,34). The van der Waals surface area contributed by atoms with Gasteiger partial charge in [0.15, 0.2) is 0 Å². The number of carbonyl (C=O) groups is 2. The van der Waals surface area contributed by atoms with E-state index in [9.17, 15) is 9.59 Å². The number of hydrogen-bond acceptors (Lipinski definition) is 2. The molecule has 0 heterocycles. The van der Waals surface area contributed by atoms with E-state index in [0.717, 1.165) is 23.1 Å². The van der Waals surface area contributed by atoms with Crippen LogP contribution in [-0.4, -0.2) is 29.3 Å². The minimum atomic E-state index is -0.507. The van der Waals surface area contributed by atoms with E-state index in [0.29, 0.717) is 25.9 Å². The lowest BCUT2D eigenvalue weighted by molar-refractivity contribution is -0.141. The number of carbonyl (C=O) groups excluding carboxylic acids is 2. The van der Waals surface area contributed by atoms with Crippen molar-refractivity contribution in [2.45, 2.75) is 58.5 Å². The van der Waals surface area contributed by atoms with Crippen LogP contribution in [0.15, 0.2) is 84.9 Å². The van der Waals surface area contributed by atoms with Crippen molar-refractivity contribution >= 4 is 11.8 Å². The molecule has 4 heteroatoms. The van der Waals surface area contributed by atoms with Gasteiger partial charge in [-0.05, 0) is 36.5 Å². The molecular formula is C30H36N2O2. The zero-order valence-electron chi connectivity index (χ0n) is 20.5. The first-order chi connectivity index (χ1) is 16.5. The maximum absolute atomic E-state index is 13.9. The lowest BCUT2D eigenvalue weighted by Gasteiger charge is -2.32. The Bertz CT molecular complexity index is 993. The minimum absolute atomic E-state index is 0.0169. The second-order valence-corrected chi connectivity index (χ2v) is 8.80. The first-order valence-electron chi connectivity index (χ1n) is 12.3. The van der Waals surface area contributed by atoms with E-state index >= 15 is 0 Å². The maximum atomic E-state index is 13.9. The van der Waals surface area contributed by atoms with Gasteiger partial charge in [-0.15, -0.1) is 0 Å². The third-order valence-corrected chi connectivity index (χ3v) is 6.19. The van der Waals surface area contributed by atoms with Crippen LogP contribution in [0.25, 0.3) is 0 Å². The largest absolute Gasteiger partial charge is 0.354 e. The second kappa shape index (κ2) is 12.7. The van der Waals surface area contributed by atoms with Crippen molar-refractivity contribution in [3.63, 3.8) is 0 Å². The van der Waals surface area contributed by atoms with E-state index in [-0.39, 0.29) is 17.7 Å². The molecule has 0 aliphatic heterocycles. The highest BCUT2D eigenvalue weighted by Crippen LogP contribution is 2.29. The van der Waals surface area contributed by atoms with Gasteiger partial charge in [-0.1, -0.05) is 104 Å². The summed E-state index contributed by atoms with van der Waals surface area (Å²) in [5, 5.41) is 3.00. The molecule has 0 aliphatic carbocycles. The molecule has 3 aromatic rings. The fourth-order valence-electron chi connectivity index (χ4n) is 4.27. The molecule has 0 aromatic heterocycles. The fraction of sp³-hybridized carbons (Fsp3) is 0.333. The van der Waals surface area contributed by atoms with Crippen molar-refractivity contribution < 1.29 is 9.59 Å². The Kier molecular flexibility index (Phi) is 9.45. The Balaban J connectivity index is 1.93. The van der Waals surface area contributed by atoms with Gasteiger partial charge in [-0.2, -0.15) is 0 Å². The van der Waals surface area contributed by atoms with Crippen LogP contribution in [0.5, 0.6) is 0 Å². The number of hydrogen-bond donors (Lipinski definition) is 1. The van der Waals surface area contributed by atoms with Crippen LogP contribution < -0.4 is 5.32 Å². The quantitative estimate of drug-likeness (QED) is 0.393. The maximum Gasteiger partial charge on any atom is 0.242 e. The van der Waals surface area contributed by atoms with Gasteiger partial charge < -0.3 is 10.2 Å². The molecule has 0 radical (unpaired) electrons. The Morgan fingerprint density at radius 2 is 1.38 bits per heavy atom. The lowest BCUT2D eigenvalue weighted by Crippen LogP contribution is -2.49. The minimum Gasteiger partial charge on any atom is -0.354 e. The Hall–Kier alpha value is -3.40. The van der Waals surface area contributed by atoms with Crippen molar-refractivity contribution in [2.24, 2.45) is 0 Å². The number of aryl methyl sites for hydroxylation is 1. The normalized spacial score (nSPS) is 11.8. The van der Waals surface area contributed by atoms with Crippen molar-refractivity contribution in [3.05, 3.63) is 107 Å². The molecule has 3 rings (SSSR count). The van der Waals surface area contributed by atoms with Crippen LogP contribution in [0.4, 0.5) is 0 Å². The number of rotatable bonds is 11.